The molecule has 1 aromatic carbocycles. The Bertz CT molecular complexity index is 957. The summed E-state index contributed by atoms with van der Waals surface area (Å²) in [5, 5.41) is 9.74. The molecular weight excluding hydrogens is 402 g/mol. The van der Waals surface area contributed by atoms with E-state index < -0.39 is 5.97 Å². The van der Waals surface area contributed by atoms with Gasteiger partial charge in [0.1, 0.15) is 11.4 Å². The Morgan fingerprint density at radius 1 is 1.13 bits per heavy atom. The molecule has 1 aliphatic heterocycles. The van der Waals surface area contributed by atoms with E-state index in [0.29, 0.717) is 37.6 Å². The fourth-order valence-electron chi connectivity index (χ4n) is 3.45. The second-order valence-corrected chi connectivity index (χ2v) is 6.83. The number of nitrogens with one attached hydrogen (secondary N) is 1. The average molecular weight is 429 g/mol. The summed E-state index contributed by atoms with van der Waals surface area (Å²) in [6, 6.07) is 9.40. The van der Waals surface area contributed by atoms with E-state index in [1.54, 1.807) is 14.0 Å². The van der Waals surface area contributed by atoms with Crippen molar-refractivity contribution < 1.29 is 24.2 Å². The number of piperazine rings is 1. The first kappa shape index (κ1) is 22.2. The number of guanidine groups is 1. The molecule has 0 atom stereocenters. The molecule has 2 heterocycles. The molecule has 0 unspecified atom stereocenters. The summed E-state index contributed by atoms with van der Waals surface area (Å²) in [5.74, 6) is 0.772. The van der Waals surface area contributed by atoms with Crippen LogP contribution >= 0.6 is 0 Å². The van der Waals surface area contributed by atoms with Crippen molar-refractivity contribution in [3.05, 3.63) is 41.6 Å². The first-order chi connectivity index (χ1) is 15.0. The van der Waals surface area contributed by atoms with Crippen LogP contribution in [0.4, 0.5) is 11.4 Å². The van der Waals surface area contributed by atoms with Crippen LogP contribution in [-0.4, -0.2) is 74.5 Å². The number of aryl methyl sites for hydroxylation is 1. The van der Waals surface area contributed by atoms with E-state index in [0.717, 1.165) is 11.4 Å². The van der Waals surface area contributed by atoms with Crippen LogP contribution in [0.15, 0.2) is 35.3 Å². The van der Waals surface area contributed by atoms with Gasteiger partial charge in [0.05, 0.1) is 38.3 Å². The third kappa shape index (κ3) is 4.80. The van der Waals surface area contributed by atoms with Crippen LogP contribution in [0.25, 0.3) is 0 Å². The van der Waals surface area contributed by atoms with Crippen molar-refractivity contribution in [2.24, 2.45) is 4.99 Å². The Labute approximate surface area is 181 Å². The molecule has 3 rings (SSSR count). The fourth-order valence-corrected chi connectivity index (χ4v) is 3.45. The van der Waals surface area contributed by atoms with Crippen LogP contribution in [-0.2, 0) is 4.74 Å². The van der Waals surface area contributed by atoms with Crippen LogP contribution in [0.5, 0.6) is 11.6 Å². The SMILES string of the molecule is COC(=O)c1cc(N=C(NO)N2CCN(c3ccccc3OC)CC2)c(OC)nc1C. The Morgan fingerprint density at radius 2 is 1.84 bits per heavy atom. The first-order valence-corrected chi connectivity index (χ1v) is 9.78. The number of esters is 1. The number of rotatable bonds is 5. The number of ether oxygens (including phenoxy) is 3. The Morgan fingerprint density at radius 3 is 2.45 bits per heavy atom. The number of pyridine rings is 1. The van der Waals surface area contributed by atoms with Gasteiger partial charge in [-0.15, -0.1) is 0 Å². The zero-order valence-corrected chi connectivity index (χ0v) is 18.1. The predicted molar refractivity (Wildman–Crippen MR) is 116 cm³/mol. The molecule has 31 heavy (non-hydrogen) atoms. The fraction of sp³-hybridized carbons (Fsp3) is 0.381. The number of carbonyl (C=O) groups is 1. The minimum Gasteiger partial charge on any atom is -0.495 e. The number of benzene rings is 1. The summed E-state index contributed by atoms with van der Waals surface area (Å²) in [4.78, 5) is 24.9. The summed E-state index contributed by atoms with van der Waals surface area (Å²) < 4.78 is 15.6. The van der Waals surface area contributed by atoms with E-state index >= 15 is 0 Å². The van der Waals surface area contributed by atoms with Crippen LogP contribution in [0.2, 0.25) is 0 Å². The molecule has 0 saturated carbocycles. The number of methoxy groups -OCH3 is 3. The zero-order valence-electron chi connectivity index (χ0n) is 18.1. The van der Waals surface area contributed by atoms with E-state index in [9.17, 15) is 10.0 Å². The standard InChI is InChI=1S/C21H27N5O5/c1-14-15(20(27)31-4)13-16(19(22-14)30-3)23-21(24-28)26-11-9-25(10-12-26)17-7-5-6-8-18(17)29-2/h5-8,13,28H,9-12H2,1-4H3,(H,23,24). The highest BCUT2D eigenvalue weighted by Crippen LogP contribution is 2.30. The van der Waals surface area contributed by atoms with Gasteiger partial charge in [-0.2, -0.15) is 0 Å². The van der Waals surface area contributed by atoms with E-state index in [-0.39, 0.29) is 17.4 Å². The molecule has 1 aliphatic rings. The maximum atomic E-state index is 12.0. The third-order valence-electron chi connectivity index (χ3n) is 5.09. The van der Waals surface area contributed by atoms with Gasteiger partial charge in [-0.25, -0.2) is 20.3 Å². The molecule has 0 spiro atoms. The predicted octanol–water partition coefficient (Wildman–Crippen LogP) is 1.98. The monoisotopic (exact) mass is 429 g/mol. The van der Waals surface area contributed by atoms with Crippen molar-refractivity contribution in [3.8, 4) is 11.6 Å². The number of hydrogen-bond donors (Lipinski definition) is 2. The van der Waals surface area contributed by atoms with Gasteiger partial charge >= 0.3 is 5.97 Å². The molecule has 166 valence electrons. The van der Waals surface area contributed by atoms with Gasteiger partial charge in [0.15, 0.2) is 0 Å². The maximum absolute atomic E-state index is 12.0. The van der Waals surface area contributed by atoms with Crippen molar-refractivity contribution in [2.45, 2.75) is 6.92 Å². The van der Waals surface area contributed by atoms with Crippen LogP contribution < -0.4 is 19.9 Å². The third-order valence-corrected chi connectivity index (χ3v) is 5.09. The molecule has 10 heteroatoms. The van der Waals surface area contributed by atoms with Gasteiger partial charge in [0.2, 0.25) is 11.8 Å². The minimum atomic E-state index is -0.520. The van der Waals surface area contributed by atoms with Crippen molar-refractivity contribution in [1.29, 1.82) is 0 Å². The van der Waals surface area contributed by atoms with Gasteiger partial charge in [-0.05, 0) is 25.1 Å². The highest BCUT2D eigenvalue weighted by atomic mass is 16.5. The van der Waals surface area contributed by atoms with Crippen molar-refractivity contribution in [1.82, 2.24) is 15.4 Å². The smallest absolute Gasteiger partial charge is 0.339 e. The number of carbonyl (C=O) groups excluding carboxylic acids is 1. The number of aliphatic imine (C=N–C) groups is 1. The number of aromatic nitrogens is 1. The lowest BCUT2D eigenvalue weighted by Crippen LogP contribution is -2.52. The molecule has 2 N–H and O–H groups in total. The lowest BCUT2D eigenvalue weighted by Gasteiger charge is -2.37. The molecule has 0 radical (unpaired) electrons. The number of para-hydroxylation sites is 2. The summed E-state index contributed by atoms with van der Waals surface area (Å²) in [7, 11) is 4.43. The average Bonchev–Trinajstić information content (AvgIpc) is 2.82. The van der Waals surface area contributed by atoms with Crippen molar-refractivity contribution in [2.75, 3.05) is 52.4 Å². The summed E-state index contributed by atoms with van der Waals surface area (Å²) in [6.45, 7) is 4.31. The molecule has 0 amide bonds. The Hall–Kier alpha value is -3.53. The molecule has 2 aromatic rings. The number of hydroxylamine groups is 1. The van der Waals surface area contributed by atoms with Crippen molar-refractivity contribution in [3.63, 3.8) is 0 Å². The highest BCUT2D eigenvalue weighted by Gasteiger charge is 2.23. The molecule has 0 aliphatic carbocycles. The zero-order chi connectivity index (χ0) is 22.4. The Balaban J connectivity index is 1.82. The lowest BCUT2D eigenvalue weighted by molar-refractivity contribution is 0.0599. The number of hydrogen-bond acceptors (Lipinski definition) is 8. The number of anilines is 1. The van der Waals surface area contributed by atoms with E-state index in [4.69, 9.17) is 14.2 Å². The van der Waals surface area contributed by atoms with Gasteiger partial charge in [0.25, 0.3) is 0 Å². The minimum absolute atomic E-state index is 0.236. The number of nitrogens with zero attached hydrogens (tertiary/aromatic N) is 4. The summed E-state index contributed by atoms with van der Waals surface area (Å²) in [5.41, 5.74) is 4.23. The van der Waals surface area contributed by atoms with Gasteiger partial charge < -0.3 is 24.0 Å². The molecule has 10 nitrogen and oxygen atoms in total. The lowest BCUT2D eigenvalue weighted by atomic mass is 10.2. The van der Waals surface area contributed by atoms with Crippen LogP contribution in [0.3, 0.4) is 0 Å². The molecular formula is C21H27N5O5. The molecule has 0 bridgehead atoms. The molecule has 1 aromatic heterocycles. The van der Waals surface area contributed by atoms with E-state index in [1.807, 2.05) is 29.2 Å². The molecule has 1 saturated heterocycles. The normalized spacial score (nSPS) is 14.3. The van der Waals surface area contributed by atoms with Crippen LogP contribution in [0, 0.1) is 6.92 Å². The maximum Gasteiger partial charge on any atom is 0.339 e. The highest BCUT2D eigenvalue weighted by molar-refractivity contribution is 5.92. The van der Waals surface area contributed by atoms with E-state index in [2.05, 4.69) is 20.4 Å². The van der Waals surface area contributed by atoms with Gasteiger partial charge in [0, 0.05) is 26.2 Å². The first-order valence-electron chi connectivity index (χ1n) is 9.78. The Kier molecular flexibility index (Phi) is 7.14. The largest absolute Gasteiger partial charge is 0.495 e. The topological polar surface area (TPSA) is 109 Å². The van der Waals surface area contributed by atoms with Crippen LogP contribution in [0.1, 0.15) is 16.1 Å². The second-order valence-electron chi connectivity index (χ2n) is 6.83. The van der Waals surface area contributed by atoms with Gasteiger partial charge in [-0.1, -0.05) is 12.1 Å². The molecule has 1 fully saturated rings. The van der Waals surface area contributed by atoms with Gasteiger partial charge in [-0.3, -0.25) is 5.21 Å². The quantitative estimate of drug-likeness (QED) is 0.319. The van der Waals surface area contributed by atoms with Crippen molar-refractivity contribution >= 4 is 23.3 Å². The summed E-state index contributed by atoms with van der Waals surface area (Å²) in [6.07, 6.45) is 0. The summed E-state index contributed by atoms with van der Waals surface area (Å²) >= 11 is 0. The second kappa shape index (κ2) is 9.98. The van der Waals surface area contributed by atoms with E-state index in [1.165, 1.54) is 20.3 Å².